The van der Waals surface area contributed by atoms with E-state index in [4.69, 9.17) is 5.10 Å². The smallest absolute Gasteiger partial charge is 0.253 e. The van der Waals surface area contributed by atoms with Gasteiger partial charge in [0.25, 0.3) is 5.78 Å². The number of fused-ring (bicyclic) bond motifs is 1. The zero-order chi connectivity index (χ0) is 22.3. The molecule has 1 aliphatic rings. The molecular weight excluding hydrogens is 386 g/mol. The number of piperidine rings is 1. The normalized spacial score (nSPS) is 17.4. The second-order valence-electron chi connectivity index (χ2n) is 9.84. The number of nitrogens with zero attached hydrogens (tertiary/aromatic N) is 5. The van der Waals surface area contributed by atoms with E-state index in [0.717, 1.165) is 41.9 Å². The van der Waals surface area contributed by atoms with Crippen LogP contribution in [-0.4, -0.2) is 43.0 Å². The van der Waals surface area contributed by atoms with Gasteiger partial charge in [-0.3, -0.25) is 4.79 Å². The number of aryl methyl sites for hydroxylation is 2. The lowest BCUT2D eigenvalue weighted by atomic mass is 9.87. The van der Waals surface area contributed by atoms with Crippen molar-refractivity contribution >= 4 is 11.7 Å². The molecule has 0 aliphatic carbocycles. The molecule has 6 nitrogen and oxygen atoms in total. The molecule has 3 heterocycles. The number of carbonyl (C=O) groups is 1. The number of aromatic nitrogens is 4. The Kier molecular flexibility index (Phi) is 5.58. The quantitative estimate of drug-likeness (QED) is 0.620. The number of hydrogen-bond acceptors (Lipinski definition) is 4. The first-order valence-corrected chi connectivity index (χ1v) is 11.3. The number of rotatable bonds is 3. The average Bonchev–Trinajstić information content (AvgIpc) is 3.15. The van der Waals surface area contributed by atoms with Crippen molar-refractivity contribution in [3.63, 3.8) is 0 Å². The van der Waals surface area contributed by atoms with Gasteiger partial charge in [0.05, 0.1) is 6.42 Å². The molecule has 6 heteroatoms. The van der Waals surface area contributed by atoms with Crippen molar-refractivity contribution in [2.75, 3.05) is 6.54 Å². The fourth-order valence-corrected chi connectivity index (χ4v) is 4.43. The summed E-state index contributed by atoms with van der Waals surface area (Å²) in [4.78, 5) is 24.4. The molecule has 4 rings (SSSR count). The van der Waals surface area contributed by atoms with E-state index in [0.29, 0.717) is 24.1 Å². The van der Waals surface area contributed by atoms with Crippen molar-refractivity contribution in [3.8, 4) is 11.4 Å². The predicted molar refractivity (Wildman–Crippen MR) is 123 cm³/mol. The van der Waals surface area contributed by atoms with Crippen LogP contribution in [-0.2, 0) is 16.6 Å². The van der Waals surface area contributed by atoms with Gasteiger partial charge >= 0.3 is 0 Å². The average molecular weight is 420 g/mol. The van der Waals surface area contributed by atoms with Crippen molar-refractivity contribution in [1.29, 1.82) is 0 Å². The first kappa shape index (κ1) is 21.5. The molecular formula is C25H33N5O. The van der Waals surface area contributed by atoms with Crippen molar-refractivity contribution in [2.45, 2.75) is 78.7 Å². The van der Waals surface area contributed by atoms with Crippen LogP contribution < -0.4 is 0 Å². The van der Waals surface area contributed by atoms with Gasteiger partial charge in [-0.1, -0.05) is 45.0 Å². The predicted octanol–water partition coefficient (Wildman–Crippen LogP) is 4.65. The molecule has 0 radical (unpaired) electrons. The fourth-order valence-electron chi connectivity index (χ4n) is 4.43. The summed E-state index contributed by atoms with van der Waals surface area (Å²) < 4.78 is 1.78. The van der Waals surface area contributed by atoms with E-state index >= 15 is 0 Å². The molecule has 3 aromatic rings. The summed E-state index contributed by atoms with van der Waals surface area (Å²) in [5.41, 5.74) is 5.09. The summed E-state index contributed by atoms with van der Waals surface area (Å²) in [6, 6.07) is 8.72. The van der Waals surface area contributed by atoms with Gasteiger partial charge in [0.15, 0.2) is 5.82 Å². The minimum Gasteiger partial charge on any atom is -0.340 e. The maximum Gasteiger partial charge on any atom is 0.253 e. The van der Waals surface area contributed by atoms with Gasteiger partial charge in [-0.2, -0.15) is 4.98 Å². The molecule has 0 bridgehead atoms. The Morgan fingerprint density at radius 1 is 1.10 bits per heavy atom. The first-order valence-electron chi connectivity index (χ1n) is 11.3. The molecule has 164 valence electrons. The van der Waals surface area contributed by atoms with Crippen LogP contribution in [0.1, 0.15) is 69.5 Å². The van der Waals surface area contributed by atoms with Crippen LogP contribution in [0.15, 0.2) is 24.3 Å². The van der Waals surface area contributed by atoms with E-state index in [1.54, 1.807) is 4.52 Å². The van der Waals surface area contributed by atoms with Crippen LogP contribution in [0.3, 0.4) is 0 Å². The summed E-state index contributed by atoms with van der Waals surface area (Å²) in [5.74, 6) is 1.41. The molecule has 1 amide bonds. The monoisotopic (exact) mass is 419 g/mol. The molecule has 31 heavy (non-hydrogen) atoms. The number of hydrogen-bond donors (Lipinski definition) is 0. The first-order chi connectivity index (χ1) is 14.6. The summed E-state index contributed by atoms with van der Waals surface area (Å²) in [7, 11) is 0. The highest BCUT2D eigenvalue weighted by atomic mass is 16.2. The standard InChI is InChI=1S/C25H33N5O/c1-16-9-7-8-14-29(16)22(31)15-21-17(2)26-24-27-23(28-30(24)18(21)3)19-10-12-20(13-11-19)25(4,5)6/h10-13,16H,7-9,14-15H2,1-6H3/t16-/m0/s1. The van der Waals surface area contributed by atoms with Crippen molar-refractivity contribution in [2.24, 2.45) is 0 Å². The molecule has 0 saturated carbocycles. The maximum absolute atomic E-state index is 13.0. The molecule has 1 saturated heterocycles. The van der Waals surface area contributed by atoms with Crippen LogP contribution in [0.25, 0.3) is 17.2 Å². The highest BCUT2D eigenvalue weighted by Gasteiger charge is 2.25. The van der Waals surface area contributed by atoms with E-state index < -0.39 is 0 Å². The van der Waals surface area contributed by atoms with Gasteiger partial charge in [0, 0.05) is 35.1 Å². The van der Waals surface area contributed by atoms with Gasteiger partial charge in [-0.05, 0) is 51.0 Å². The topological polar surface area (TPSA) is 63.4 Å². The molecule has 1 atom stereocenters. The second-order valence-corrected chi connectivity index (χ2v) is 9.84. The zero-order valence-electron chi connectivity index (χ0n) is 19.6. The van der Waals surface area contributed by atoms with Gasteiger partial charge in [-0.25, -0.2) is 9.50 Å². The summed E-state index contributed by atoms with van der Waals surface area (Å²) in [6.07, 6.45) is 3.74. The Labute approximate surface area is 184 Å². The zero-order valence-corrected chi connectivity index (χ0v) is 19.6. The molecule has 1 aromatic carbocycles. The highest BCUT2D eigenvalue weighted by molar-refractivity contribution is 5.79. The van der Waals surface area contributed by atoms with Crippen LogP contribution >= 0.6 is 0 Å². The minimum absolute atomic E-state index is 0.105. The summed E-state index contributed by atoms with van der Waals surface area (Å²) >= 11 is 0. The van der Waals surface area contributed by atoms with Crippen LogP contribution in [0, 0.1) is 13.8 Å². The number of likely N-dealkylation sites (tertiary alicyclic amines) is 1. The van der Waals surface area contributed by atoms with E-state index in [9.17, 15) is 4.79 Å². The molecule has 0 N–H and O–H groups in total. The van der Waals surface area contributed by atoms with E-state index in [-0.39, 0.29) is 11.3 Å². The highest BCUT2D eigenvalue weighted by Crippen LogP contribution is 2.26. The third kappa shape index (κ3) is 4.21. The van der Waals surface area contributed by atoms with E-state index in [1.807, 2.05) is 18.7 Å². The maximum atomic E-state index is 13.0. The second kappa shape index (κ2) is 8.06. The summed E-state index contributed by atoms with van der Waals surface area (Å²) in [5, 5.41) is 4.73. The van der Waals surface area contributed by atoms with Gasteiger partial charge < -0.3 is 4.90 Å². The molecule has 0 unspecified atom stereocenters. The fraction of sp³-hybridized carbons (Fsp3) is 0.520. The van der Waals surface area contributed by atoms with Crippen LogP contribution in [0.5, 0.6) is 0 Å². The van der Waals surface area contributed by atoms with Gasteiger partial charge in [0.2, 0.25) is 5.91 Å². The lowest BCUT2D eigenvalue weighted by Crippen LogP contribution is -2.43. The number of amides is 1. The molecule has 0 spiro atoms. The van der Waals surface area contributed by atoms with Crippen LogP contribution in [0.2, 0.25) is 0 Å². The largest absolute Gasteiger partial charge is 0.340 e. The van der Waals surface area contributed by atoms with E-state index in [2.05, 4.69) is 61.9 Å². The summed E-state index contributed by atoms with van der Waals surface area (Å²) in [6.45, 7) is 13.6. The Morgan fingerprint density at radius 2 is 1.81 bits per heavy atom. The minimum atomic E-state index is 0.105. The van der Waals surface area contributed by atoms with Gasteiger partial charge in [0.1, 0.15) is 0 Å². The Morgan fingerprint density at radius 3 is 2.45 bits per heavy atom. The lowest BCUT2D eigenvalue weighted by Gasteiger charge is -2.33. The SMILES string of the molecule is Cc1nc2nc(-c3ccc(C(C)(C)C)cc3)nn2c(C)c1CC(=O)N1CCCC[C@@H]1C. The van der Waals surface area contributed by atoms with E-state index in [1.165, 1.54) is 12.0 Å². The third-order valence-electron chi connectivity index (χ3n) is 6.51. The third-order valence-corrected chi connectivity index (χ3v) is 6.51. The Bertz CT molecular complexity index is 1110. The van der Waals surface area contributed by atoms with Gasteiger partial charge in [-0.15, -0.1) is 5.10 Å². The Hall–Kier alpha value is -2.76. The Balaban J connectivity index is 1.65. The van der Waals surface area contributed by atoms with Crippen LogP contribution in [0.4, 0.5) is 0 Å². The van der Waals surface area contributed by atoms with Crippen molar-refractivity contribution < 1.29 is 4.79 Å². The number of carbonyl (C=O) groups excluding carboxylic acids is 1. The lowest BCUT2D eigenvalue weighted by molar-refractivity contribution is -0.133. The molecule has 2 aromatic heterocycles. The molecule has 1 fully saturated rings. The molecule has 1 aliphatic heterocycles. The number of benzene rings is 1. The van der Waals surface area contributed by atoms with Crippen molar-refractivity contribution in [3.05, 3.63) is 46.8 Å². The van der Waals surface area contributed by atoms with Crippen molar-refractivity contribution in [1.82, 2.24) is 24.5 Å².